The van der Waals surface area contributed by atoms with Crippen LogP contribution in [0.1, 0.15) is 49.9 Å². The van der Waals surface area contributed by atoms with Gasteiger partial charge in [-0.25, -0.2) is 4.98 Å². The minimum atomic E-state index is -0.0978. The van der Waals surface area contributed by atoms with Gasteiger partial charge in [0.2, 0.25) is 0 Å². The van der Waals surface area contributed by atoms with Crippen molar-refractivity contribution >= 4 is 41.3 Å². The van der Waals surface area contributed by atoms with Crippen molar-refractivity contribution in [3.05, 3.63) is 39.8 Å². The van der Waals surface area contributed by atoms with Crippen molar-refractivity contribution in [1.29, 1.82) is 0 Å². The second-order valence-electron chi connectivity index (χ2n) is 7.84. The van der Waals surface area contributed by atoms with Crippen LogP contribution in [0, 0.1) is 0 Å². The number of aromatic nitrogens is 1. The zero-order chi connectivity index (χ0) is 20.1. The molecule has 6 nitrogen and oxygen atoms in total. The monoisotopic (exact) mass is 530 g/mol. The molecular weight excluding hydrogens is 499 g/mol. The lowest BCUT2D eigenvalue weighted by atomic mass is 9.84. The third-order valence-corrected chi connectivity index (χ3v) is 5.68. The summed E-state index contributed by atoms with van der Waals surface area (Å²) in [4.78, 5) is 9.00. The molecule has 0 unspecified atom stereocenters. The molecule has 1 aliphatic rings. The van der Waals surface area contributed by atoms with Crippen LogP contribution in [-0.4, -0.2) is 37.7 Å². The van der Waals surface area contributed by atoms with Gasteiger partial charge in [0, 0.05) is 24.4 Å². The van der Waals surface area contributed by atoms with Crippen LogP contribution in [0.5, 0.6) is 11.5 Å². The number of fused-ring (bicyclic) bond motifs is 1. The summed E-state index contributed by atoms with van der Waals surface area (Å²) in [7, 11) is 1.79. The minimum Gasteiger partial charge on any atom is -0.486 e. The zero-order valence-electron chi connectivity index (χ0n) is 17.7. The van der Waals surface area contributed by atoms with Gasteiger partial charge in [0.25, 0.3) is 0 Å². The highest BCUT2D eigenvalue weighted by Gasteiger charge is 2.24. The molecule has 2 heterocycles. The molecule has 2 N–H and O–H groups in total. The maximum absolute atomic E-state index is 5.73. The van der Waals surface area contributed by atoms with Crippen LogP contribution < -0.4 is 20.1 Å². The molecule has 0 radical (unpaired) electrons. The second-order valence-corrected chi connectivity index (χ2v) is 8.79. The number of rotatable bonds is 6. The third-order valence-electron chi connectivity index (χ3n) is 4.81. The number of halogens is 1. The van der Waals surface area contributed by atoms with Gasteiger partial charge >= 0.3 is 0 Å². The number of benzene rings is 1. The van der Waals surface area contributed by atoms with Crippen molar-refractivity contribution in [3.8, 4) is 11.5 Å². The summed E-state index contributed by atoms with van der Waals surface area (Å²) < 4.78 is 11.3. The van der Waals surface area contributed by atoms with Gasteiger partial charge in [-0.2, -0.15) is 0 Å². The summed E-state index contributed by atoms with van der Waals surface area (Å²) in [5, 5.41) is 9.98. The van der Waals surface area contributed by atoms with E-state index in [1.807, 2.05) is 6.07 Å². The van der Waals surface area contributed by atoms with E-state index in [0.29, 0.717) is 25.7 Å². The number of aliphatic imine (C=N–C) groups is 1. The predicted octanol–water partition coefficient (Wildman–Crippen LogP) is 4.30. The molecule has 0 atom stereocenters. The third kappa shape index (κ3) is 6.21. The van der Waals surface area contributed by atoms with Crippen LogP contribution in [-0.2, 0) is 12.0 Å². The molecule has 0 saturated carbocycles. The van der Waals surface area contributed by atoms with Gasteiger partial charge in [-0.15, -0.1) is 35.3 Å². The van der Waals surface area contributed by atoms with Gasteiger partial charge in [-0.1, -0.05) is 33.8 Å². The molecule has 160 valence electrons. The average molecular weight is 530 g/mol. The maximum Gasteiger partial charge on any atom is 0.191 e. The molecule has 29 heavy (non-hydrogen) atoms. The lowest BCUT2D eigenvalue weighted by Gasteiger charge is -2.28. The van der Waals surface area contributed by atoms with Gasteiger partial charge in [-0.3, -0.25) is 4.99 Å². The molecule has 1 aromatic heterocycles. The van der Waals surface area contributed by atoms with Crippen LogP contribution in [0.2, 0.25) is 0 Å². The van der Waals surface area contributed by atoms with Gasteiger partial charge in [0.1, 0.15) is 18.2 Å². The standard InChI is InChI=1S/C21H30N4O2S.HI/c1-14(2)16-12-28-19(25-16)11-23-20(22-5)24-13-21(3,4)15-6-7-17-18(10-15)27-9-8-26-17;/h6-7,10,12,14H,8-9,11,13H2,1-5H3,(H2,22,23,24);1H. The Morgan fingerprint density at radius 1 is 1.21 bits per heavy atom. The van der Waals surface area contributed by atoms with Crippen LogP contribution in [0.15, 0.2) is 28.6 Å². The van der Waals surface area contributed by atoms with Crippen LogP contribution in [0.25, 0.3) is 0 Å². The van der Waals surface area contributed by atoms with E-state index in [-0.39, 0.29) is 29.4 Å². The second kappa shape index (κ2) is 10.5. The Bertz CT molecular complexity index is 836. The summed E-state index contributed by atoms with van der Waals surface area (Å²) in [6, 6.07) is 6.18. The molecule has 0 saturated heterocycles. The highest BCUT2D eigenvalue weighted by atomic mass is 127. The largest absolute Gasteiger partial charge is 0.486 e. The summed E-state index contributed by atoms with van der Waals surface area (Å²) in [5.74, 6) is 2.87. The Kier molecular flexibility index (Phi) is 8.57. The van der Waals surface area contributed by atoms with E-state index in [4.69, 9.17) is 9.47 Å². The average Bonchev–Trinajstić information content (AvgIpc) is 3.17. The topological polar surface area (TPSA) is 67.8 Å². The molecular formula is C21H31IN4O2S. The lowest BCUT2D eigenvalue weighted by Crippen LogP contribution is -2.43. The van der Waals surface area contributed by atoms with Crippen LogP contribution in [0.4, 0.5) is 0 Å². The van der Waals surface area contributed by atoms with Crippen LogP contribution >= 0.6 is 35.3 Å². The Morgan fingerprint density at radius 3 is 2.59 bits per heavy atom. The lowest BCUT2D eigenvalue weighted by molar-refractivity contribution is 0.171. The number of hydrogen-bond acceptors (Lipinski definition) is 5. The van der Waals surface area contributed by atoms with E-state index < -0.39 is 0 Å². The van der Waals surface area contributed by atoms with Crippen molar-refractivity contribution in [2.24, 2.45) is 4.99 Å². The normalized spacial score (nSPS) is 13.8. The molecule has 0 aliphatic carbocycles. The molecule has 2 aromatic rings. The van der Waals surface area contributed by atoms with Crippen molar-refractivity contribution in [3.63, 3.8) is 0 Å². The summed E-state index contributed by atoms with van der Waals surface area (Å²) in [6.45, 7) is 11.3. The van der Waals surface area contributed by atoms with Gasteiger partial charge in [0.05, 0.1) is 12.2 Å². The predicted molar refractivity (Wildman–Crippen MR) is 130 cm³/mol. The van der Waals surface area contributed by atoms with Crippen molar-refractivity contribution in [1.82, 2.24) is 15.6 Å². The van der Waals surface area contributed by atoms with E-state index in [1.54, 1.807) is 18.4 Å². The number of nitrogens with one attached hydrogen (secondary N) is 2. The first-order chi connectivity index (χ1) is 13.4. The zero-order valence-corrected chi connectivity index (χ0v) is 20.9. The first kappa shape index (κ1) is 23.7. The molecule has 1 aromatic carbocycles. The van der Waals surface area contributed by atoms with Crippen molar-refractivity contribution in [2.75, 3.05) is 26.8 Å². The summed E-state index contributed by atoms with van der Waals surface area (Å²) in [6.07, 6.45) is 0. The molecule has 1 aliphatic heterocycles. The van der Waals surface area contributed by atoms with Crippen LogP contribution in [0.3, 0.4) is 0 Å². The summed E-state index contributed by atoms with van der Waals surface area (Å²) >= 11 is 1.68. The fourth-order valence-corrected chi connectivity index (χ4v) is 3.82. The fraction of sp³-hybridized carbons (Fsp3) is 0.524. The van der Waals surface area contributed by atoms with E-state index in [2.05, 4.69) is 65.8 Å². The van der Waals surface area contributed by atoms with E-state index in [9.17, 15) is 0 Å². The fourth-order valence-electron chi connectivity index (χ4n) is 2.92. The Morgan fingerprint density at radius 2 is 1.93 bits per heavy atom. The Labute approximate surface area is 194 Å². The molecule has 0 spiro atoms. The minimum absolute atomic E-state index is 0. The molecule has 0 bridgehead atoms. The SMILES string of the molecule is CN=C(NCc1nc(C(C)C)cs1)NCC(C)(C)c1ccc2c(c1)OCCO2.I. The van der Waals surface area contributed by atoms with Gasteiger partial charge in [-0.05, 0) is 23.6 Å². The number of hydrogen-bond donors (Lipinski definition) is 2. The highest BCUT2D eigenvalue weighted by molar-refractivity contribution is 14.0. The number of guanidine groups is 1. The Balaban J connectivity index is 0.00000300. The summed E-state index contributed by atoms with van der Waals surface area (Å²) in [5.41, 5.74) is 2.24. The van der Waals surface area contributed by atoms with Gasteiger partial charge < -0.3 is 20.1 Å². The highest BCUT2D eigenvalue weighted by Crippen LogP contribution is 2.34. The first-order valence-corrected chi connectivity index (χ1v) is 10.6. The molecule has 8 heteroatoms. The molecule has 3 rings (SSSR count). The Hall–Kier alpha value is -1.55. The number of ether oxygens (including phenoxy) is 2. The van der Waals surface area contributed by atoms with E-state index in [1.165, 1.54) is 5.56 Å². The van der Waals surface area contributed by atoms with E-state index in [0.717, 1.165) is 34.7 Å². The quantitative estimate of drug-likeness (QED) is 0.331. The maximum atomic E-state index is 5.73. The first-order valence-electron chi connectivity index (χ1n) is 9.68. The molecule has 0 fully saturated rings. The van der Waals surface area contributed by atoms with Crippen molar-refractivity contribution in [2.45, 2.75) is 45.6 Å². The van der Waals surface area contributed by atoms with Gasteiger partial charge in [0.15, 0.2) is 17.5 Å². The van der Waals surface area contributed by atoms with E-state index >= 15 is 0 Å². The number of thiazole rings is 1. The van der Waals surface area contributed by atoms with Crippen molar-refractivity contribution < 1.29 is 9.47 Å². The number of nitrogens with zero attached hydrogens (tertiary/aromatic N) is 2. The smallest absolute Gasteiger partial charge is 0.191 e. The molecule has 0 amide bonds.